The summed E-state index contributed by atoms with van der Waals surface area (Å²) in [6, 6.07) is 2.34. The van der Waals surface area contributed by atoms with Gasteiger partial charge in [0.25, 0.3) is 0 Å². The number of hydrogen-bond acceptors (Lipinski definition) is 3. The topological polar surface area (TPSA) is 65.8 Å². The van der Waals surface area contributed by atoms with E-state index in [0.29, 0.717) is 5.82 Å². The second-order valence-electron chi connectivity index (χ2n) is 3.63. The van der Waals surface area contributed by atoms with Crippen molar-refractivity contribution in [2.75, 3.05) is 5.73 Å². The predicted molar refractivity (Wildman–Crippen MR) is 62.9 cm³/mol. The van der Waals surface area contributed by atoms with E-state index >= 15 is 0 Å². The van der Waals surface area contributed by atoms with Gasteiger partial charge in [0.05, 0.1) is 10.7 Å². The van der Waals surface area contributed by atoms with Gasteiger partial charge in [-0.2, -0.15) is 9.78 Å². The summed E-state index contributed by atoms with van der Waals surface area (Å²) >= 11 is 5.67. The van der Waals surface area contributed by atoms with Crippen LogP contribution in [0.3, 0.4) is 0 Å². The summed E-state index contributed by atoms with van der Waals surface area (Å²) in [6.45, 7) is 1.65. The van der Waals surface area contributed by atoms with Crippen LogP contribution in [0.4, 0.5) is 10.1 Å². The average Bonchev–Trinajstić information content (AvgIpc) is 2.51. The maximum atomic E-state index is 13.7. The van der Waals surface area contributed by atoms with Crippen molar-refractivity contribution in [3.63, 3.8) is 0 Å². The quantitative estimate of drug-likeness (QED) is 0.781. The molecule has 90 valence electrons. The Morgan fingerprint density at radius 2 is 2.12 bits per heavy atom. The van der Waals surface area contributed by atoms with Crippen molar-refractivity contribution in [3.05, 3.63) is 39.3 Å². The van der Waals surface area contributed by atoms with Crippen molar-refractivity contribution < 1.29 is 4.39 Å². The minimum Gasteiger partial charge on any atom is -0.397 e. The molecule has 0 atom stereocenters. The Morgan fingerprint density at radius 3 is 2.65 bits per heavy atom. The van der Waals surface area contributed by atoms with Crippen LogP contribution in [0.15, 0.2) is 16.9 Å². The minimum absolute atomic E-state index is 0.0133. The number of benzene rings is 1. The van der Waals surface area contributed by atoms with E-state index in [1.165, 1.54) is 10.6 Å². The number of aromatic nitrogens is 3. The molecular formula is C10H10ClFN4O. The first-order valence-electron chi connectivity index (χ1n) is 4.79. The largest absolute Gasteiger partial charge is 0.397 e. The molecule has 0 unspecified atom stereocenters. The van der Waals surface area contributed by atoms with Crippen molar-refractivity contribution in [2.45, 2.75) is 6.92 Å². The van der Waals surface area contributed by atoms with Gasteiger partial charge in [-0.15, -0.1) is 0 Å². The monoisotopic (exact) mass is 256 g/mol. The van der Waals surface area contributed by atoms with Gasteiger partial charge in [-0.3, -0.25) is 4.57 Å². The first kappa shape index (κ1) is 11.7. The van der Waals surface area contributed by atoms with E-state index < -0.39 is 11.5 Å². The highest BCUT2D eigenvalue weighted by Gasteiger charge is 2.14. The molecule has 1 aromatic heterocycles. The fraction of sp³-hybridized carbons (Fsp3) is 0.200. The Balaban J connectivity index is 2.73. The van der Waals surface area contributed by atoms with Crippen LogP contribution in [0.1, 0.15) is 5.82 Å². The number of nitrogen functional groups attached to an aromatic ring is 1. The normalized spacial score (nSPS) is 10.8. The SMILES string of the molecule is Cc1nn(-c2cc(N)c(Cl)cc2F)c(=O)n1C. The lowest BCUT2D eigenvalue weighted by atomic mass is 10.2. The molecule has 2 N–H and O–H groups in total. The predicted octanol–water partition coefficient (Wildman–Crippen LogP) is 1.25. The number of nitrogens with zero attached hydrogens (tertiary/aromatic N) is 3. The second kappa shape index (κ2) is 3.89. The highest BCUT2D eigenvalue weighted by atomic mass is 35.5. The zero-order chi connectivity index (χ0) is 12.7. The van der Waals surface area contributed by atoms with Crippen LogP contribution < -0.4 is 11.4 Å². The van der Waals surface area contributed by atoms with E-state index in [9.17, 15) is 9.18 Å². The van der Waals surface area contributed by atoms with Gasteiger partial charge in [0.1, 0.15) is 11.5 Å². The van der Waals surface area contributed by atoms with Gasteiger partial charge in [0, 0.05) is 7.05 Å². The molecule has 0 fully saturated rings. The van der Waals surface area contributed by atoms with Gasteiger partial charge in [-0.1, -0.05) is 11.6 Å². The van der Waals surface area contributed by atoms with Crippen molar-refractivity contribution in [3.8, 4) is 5.69 Å². The third-order valence-corrected chi connectivity index (χ3v) is 2.82. The standard InChI is InChI=1S/C10H10ClFN4O/c1-5-14-16(10(17)15(5)2)9-4-8(13)6(11)3-7(9)12/h3-4H,13H2,1-2H3. The molecule has 1 heterocycles. The molecular weight excluding hydrogens is 247 g/mol. The molecule has 0 aliphatic heterocycles. The summed E-state index contributed by atoms with van der Waals surface area (Å²) < 4.78 is 16.0. The number of nitrogens with two attached hydrogens (primary N) is 1. The summed E-state index contributed by atoms with van der Waals surface area (Å²) in [5, 5.41) is 4.04. The smallest absolute Gasteiger partial charge is 0.350 e. The van der Waals surface area contributed by atoms with Gasteiger partial charge in [0.2, 0.25) is 0 Å². The maximum absolute atomic E-state index is 13.7. The first-order chi connectivity index (χ1) is 7.91. The molecule has 1 aromatic carbocycles. The summed E-state index contributed by atoms with van der Waals surface area (Å²) in [5.74, 6) is -0.174. The Kier molecular flexibility index (Phi) is 2.66. The van der Waals surface area contributed by atoms with E-state index in [-0.39, 0.29) is 16.4 Å². The van der Waals surface area contributed by atoms with E-state index in [2.05, 4.69) is 5.10 Å². The second-order valence-corrected chi connectivity index (χ2v) is 4.03. The zero-order valence-electron chi connectivity index (χ0n) is 9.24. The van der Waals surface area contributed by atoms with Crippen LogP contribution in [0.2, 0.25) is 5.02 Å². The van der Waals surface area contributed by atoms with Gasteiger partial charge >= 0.3 is 5.69 Å². The highest BCUT2D eigenvalue weighted by Crippen LogP contribution is 2.24. The van der Waals surface area contributed by atoms with Crippen molar-refractivity contribution in [1.29, 1.82) is 0 Å². The fourth-order valence-electron chi connectivity index (χ4n) is 1.41. The maximum Gasteiger partial charge on any atom is 0.350 e. The van der Waals surface area contributed by atoms with Crippen LogP contribution in [0.5, 0.6) is 0 Å². The Bertz CT molecular complexity index is 646. The lowest BCUT2D eigenvalue weighted by Gasteiger charge is -2.04. The van der Waals surface area contributed by atoms with Crippen molar-refractivity contribution in [1.82, 2.24) is 14.3 Å². The summed E-state index contributed by atoms with van der Waals surface area (Å²) in [7, 11) is 1.55. The molecule has 0 spiro atoms. The number of anilines is 1. The average molecular weight is 257 g/mol. The number of rotatable bonds is 1. The van der Waals surface area contributed by atoms with Crippen molar-refractivity contribution >= 4 is 17.3 Å². The fourth-order valence-corrected chi connectivity index (χ4v) is 1.56. The molecule has 2 rings (SSSR count). The molecule has 17 heavy (non-hydrogen) atoms. The molecule has 0 bridgehead atoms. The number of halogens is 2. The van der Waals surface area contributed by atoms with Gasteiger partial charge in [-0.05, 0) is 19.1 Å². The highest BCUT2D eigenvalue weighted by molar-refractivity contribution is 6.33. The summed E-state index contributed by atoms with van der Waals surface area (Å²) in [4.78, 5) is 11.8. The molecule has 2 aromatic rings. The summed E-state index contributed by atoms with van der Waals surface area (Å²) in [6.07, 6.45) is 0. The molecule has 0 aliphatic carbocycles. The molecule has 5 nitrogen and oxygen atoms in total. The molecule has 0 saturated carbocycles. The number of aryl methyl sites for hydroxylation is 1. The van der Waals surface area contributed by atoms with E-state index in [4.69, 9.17) is 17.3 Å². The van der Waals surface area contributed by atoms with Gasteiger partial charge in [-0.25, -0.2) is 9.18 Å². The third-order valence-electron chi connectivity index (χ3n) is 2.49. The Hall–Kier alpha value is -1.82. The Labute approximate surface area is 101 Å². The first-order valence-corrected chi connectivity index (χ1v) is 5.17. The van der Waals surface area contributed by atoms with Gasteiger partial charge in [0.15, 0.2) is 5.82 Å². The van der Waals surface area contributed by atoms with Crippen molar-refractivity contribution in [2.24, 2.45) is 7.05 Å². The number of hydrogen-bond donors (Lipinski definition) is 1. The Morgan fingerprint density at radius 1 is 1.47 bits per heavy atom. The van der Waals surface area contributed by atoms with Crippen LogP contribution in [-0.4, -0.2) is 14.3 Å². The molecule has 0 radical (unpaired) electrons. The van der Waals surface area contributed by atoms with E-state index in [1.807, 2.05) is 0 Å². The molecule has 0 saturated heterocycles. The van der Waals surface area contributed by atoms with E-state index in [1.54, 1.807) is 14.0 Å². The third kappa shape index (κ3) is 1.80. The molecule has 0 aliphatic rings. The lowest BCUT2D eigenvalue weighted by Crippen LogP contribution is -2.22. The van der Waals surface area contributed by atoms with Crippen LogP contribution in [0.25, 0.3) is 5.69 Å². The zero-order valence-corrected chi connectivity index (χ0v) is 9.99. The molecule has 7 heteroatoms. The van der Waals surface area contributed by atoms with Gasteiger partial charge < -0.3 is 5.73 Å². The summed E-state index contributed by atoms with van der Waals surface area (Å²) in [5.41, 5.74) is 5.31. The minimum atomic E-state index is -0.649. The van der Waals surface area contributed by atoms with E-state index in [0.717, 1.165) is 10.7 Å². The van der Waals surface area contributed by atoms with Crippen LogP contribution in [0, 0.1) is 12.7 Å². The van der Waals surface area contributed by atoms with Crippen LogP contribution >= 0.6 is 11.6 Å². The lowest BCUT2D eigenvalue weighted by molar-refractivity contribution is 0.606. The van der Waals surface area contributed by atoms with Crippen LogP contribution in [-0.2, 0) is 7.05 Å². The molecule has 0 amide bonds.